The SMILES string of the molecule is CCCCNC(=O)c1cc(C(=O)Nc2ccccc2Br)ccn1. The maximum atomic E-state index is 12.3. The first kappa shape index (κ1) is 17.1. The van der Waals surface area contributed by atoms with Crippen LogP contribution in [0.4, 0.5) is 5.69 Å². The maximum absolute atomic E-state index is 12.3. The molecule has 2 aromatic rings. The molecule has 2 rings (SSSR count). The van der Waals surface area contributed by atoms with Crippen LogP contribution in [-0.2, 0) is 0 Å². The number of anilines is 1. The lowest BCUT2D eigenvalue weighted by Gasteiger charge is -2.08. The first-order valence-corrected chi connectivity index (χ1v) is 8.21. The Balaban J connectivity index is 2.08. The van der Waals surface area contributed by atoms with Crippen molar-refractivity contribution in [1.82, 2.24) is 10.3 Å². The monoisotopic (exact) mass is 375 g/mol. The highest BCUT2D eigenvalue weighted by Crippen LogP contribution is 2.21. The zero-order chi connectivity index (χ0) is 16.7. The van der Waals surface area contributed by atoms with Crippen LogP contribution >= 0.6 is 15.9 Å². The molecule has 0 unspecified atom stereocenters. The molecule has 0 radical (unpaired) electrons. The number of rotatable bonds is 6. The van der Waals surface area contributed by atoms with Crippen molar-refractivity contribution >= 4 is 33.4 Å². The molecule has 0 aliphatic carbocycles. The van der Waals surface area contributed by atoms with E-state index in [1.54, 1.807) is 12.1 Å². The average molecular weight is 376 g/mol. The lowest BCUT2D eigenvalue weighted by atomic mass is 10.2. The lowest BCUT2D eigenvalue weighted by molar-refractivity contribution is 0.0948. The van der Waals surface area contributed by atoms with Crippen LogP contribution in [-0.4, -0.2) is 23.3 Å². The van der Waals surface area contributed by atoms with Crippen LogP contribution in [0.25, 0.3) is 0 Å². The minimum absolute atomic E-state index is 0.237. The maximum Gasteiger partial charge on any atom is 0.269 e. The standard InChI is InChI=1S/C17H18BrN3O2/c1-2-3-9-20-17(23)15-11-12(8-10-19-15)16(22)21-14-7-5-4-6-13(14)18/h4-8,10-11H,2-3,9H2,1H3,(H,20,23)(H,21,22). The highest BCUT2D eigenvalue weighted by molar-refractivity contribution is 9.10. The minimum Gasteiger partial charge on any atom is -0.351 e. The molecule has 0 aliphatic heterocycles. The largest absolute Gasteiger partial charge is 0.351 e. The molecule has 0 saturated carbocycles. The number of hydrogen-bond donors (Lipinski definition) is 2. The van der Waals surface area contributed by atoms with E-state index in [9.17, 15) is 9.59 Å². The number of benzene rings is 1. The van der Waals surface area contributed by atoms with Crippen molar-refractivity contribution in [1.29, 1.82) is 0 Å². The summed E-state index contributed by atoms with van der Waals surface area (Å²) >= 11 is 3.38. The fourth-order valence-corrected chi connectivity index (χ4v) is 2.31. The normalized spacial score (nSPS) is 10.2. The number of halogens is 1. The molecule has 2 N–H and O–H groups in total. The van der Waals surface area contributed by atoms with Gasteiger partial charge in [-0.05, 0) is 46.6 Å². The summed E-state index contributed by atoms with van der Waals surface area (Å²) in [6.07, 6.45) is 3.37. The van der Waals surface area contributed by atoms with E-state index < -0.39 is 0 Å². The predicted octanol–water partition coefficient (Wildman–Crippen LogP) is 3.63. The van der Waals surface area contributed by atoms with E-state index in [4.69, 9.17) is 0 Å². The van der Waals surface area contributed by atoms with Gasteiger partial charge in [0.15, 0.2) is 0 Å². The van der Waals surface area contributed by atoms with Gasteiger partial charge in [0.25, 0.3) is 11.8 Å². The molecule has 0 aliphatic rings. The van der Waals surface area contributed by atoms with Gasteiger partial charge in [-0.1, -0.05) is 25.5 Å². The van der Waals surface area contributed by atoms with E-state index in [1.165, 1.54) is 12.3 Å². The highest BCUT2D eigenvalue weighted by atomic mass is 79.9. The molecular weight excluding hydrogens is 358 g/mol. The Bertz CT molecular complexity index is 704. The summed E-state index contributed by atoms with van der Waals surface area (Å²) in [5.74, 6) is -0.559. The number of para-hydroxylation sites is 1. The molecule has 2 amide bonds. The van der Waals surface area contributed by atoms with E-state index in [0.29, 0.717) is 17.8 Å². The van der Waals surface area contributed by atoms with Crippen LogP contribution < -0.4 is 10.6 Å². The zero-order valence-electron chi connectivity index (χ0n) is 12.8. The quantitative estimate of drug-likeness (QED) is 0.757. The molecule has 23 heavy (non-hydrogen) atoms. The molecule has 0 atom stereocenters. The summed E-state index contributed by atoms with van der Waals surface area (Å²) in [5.41, 5.74) is 1.29. The lowest BCUT2D eigenvalue weighted by Crippen LogP contribution is -2.25. The first-order chi connectivity index (χ1) is 11.1. The summed E-state index contributed by atoms with van der Waals surface area (Å²) in [6, 6.07) is 10.4. The van der Waals surface area contributed by atoms with Gasteiger partial charge in [0.2, 0.25) is 0 Å². The second-order valence-electron chi connectivity index (χ2n) is 4.97. The molecule has 6 heteroatoms. The fourth-order valence-electron chi connectivity index (χ4n) is 1.92. The number of amides is 2. The Morgan fingerprint density at radius 1 is 1.17 bits per heavy atom. The Labute approximate surface area is 143 Å². The number of pyridine rings is 1. The van der Waals surface area contributed by atoms with E-state index in [-0.39, 0.29) is 17.5 Å². The zero-order valence-corrected chi connectivity index (χ0v) is 14.4. The van der Waals surface area contributed by atoms with Crippen molar-refractivity contribution < 1.29 is 9.59 Å². The number of nitrogens with one attached hydrogen (secondary N) is 2. The van der Waals surface area contributed by atoms with E-state index in [1.807, 2.05) is 18.2 Å². The second-order valence-corrected chi connectivity index (χ2v) is 5.83. The van der Waals surface area contributed by atoms with Gasteiger partial charge in [0, 0.05) is 22.8 Å². The molecule has 0 spiro atoms. The molecule has 5 nitrogen and oxygen atoms in total. The molecule has 1 aromatic carbocycles. The van der Waals surface area contributed by atoms with E-state index in [2.05, 4.69) is 38.5 Å². The third kappa shape index (κ3) is 4.89. The van der Waals surface area contributed by atoms with Gasteiger partial charge in [-0.3, -0.25) is 14.6 Å². The summed E-state index contributed by atoms with van der Waals surface area (Å²) in [7, 11) is 0. The molecule has 120 valence electrons. The van der Waals surface area contributed by atoms with Gasteiger partial charge in [0.1, 0.15) is 5.69 Å². The predicted molar refractivity (Wildman–Crippen MR) is 93.6 cm³/mol. The topological polar surface area (TPSA) is 71.1 Å². The van der Waals surface area contributed by atoms with Crippen LogP contribution in [0.3, 0.4) is 0 Å². The highest BCUT2D eigenvalue weighted by Gasteiger charge is 2.12. The second kappa shape index (κ2) is 8.43. The molecule has 0 bridgehead atoms. The van der Waals surface area contributed by atoms with Gasteiger partial charge < -0.3 is 10.6 Å². The van der Waals surface area contributed by atoms with Crippen molar-refractivity contribution in [2.24, 2.45) is 0 Å². The number of aromatic nitrogens is 1. The van der Waals surface area contributed by atoms with Gasteiger partial charge >= 0.3 is 0 Å². The molecule has 1 heterocycles. The average Bonchev–Trinajstić information content (AvgIpc) is 2.57. The smallest absolute Gasteiger partial charge is 0.269 e. The van der Waals surface area contributed by atoms with Crippen LogP contribution in [0.1, 0.15) is 40.6 Å². The number of nitrogens with zero attached hydrogens (tertiary/aromatic N) is 1. The Hall–Kier alpha value is -2.21. The fraction of sp³-hybridized carbons (Fsp3) is 0.235. The van der Waals surface area contributed by atoms with E-state index >= 15 is 0 Å². The van der Waals surface area contributed by atoms with E-state index in [0.717, 1.165) is 17.3 Å². The van der Waals surface area contributed by atoms with Crippen molar-refractivity contribution in [3.63, 3.8) is 0 Å². The molecular formula is C17H18BrN3O2. The summed E-state index contributed by atoms with van der Waals surface area (Å²) in [4.78, 5) is 28.3. The molecule has 0 saturated heterocycles. The van der Waals surface area contributed by atoms with Gasteiger partial charge in [-0.2, -0.15) is 0 Å². The van der Waals surface area contributed by atoms with Crippen molar-refractivity contribution in [2.45, 2.75) is 19.8 Å². The van der Waals surface area contributed by atoms with Crippen LogP contribution in [0.2, 0.25) is 0 Å². The summed E-state index contributed by atoms with van der Waals surface area (Å²) < 4.78 is 0.792. The number of carbonyl (C=O) groups is 2. The van der Waals surface area contributed by atoms with Gasteiger partial charge in [-0.25, -0.2) is 0 Å². The van der Waals surface area contributed by atoms with Crippen LogP contribution in [0.5, 0.6) is 0 Å². The van der Waals surface area contributed by atoms with Crippen molar-refractivity contribution in [2.75, 3.05) is 11.9 Å². The van der Waals surface area contributed by atoms with Crippen molar-refractivity contribution in [3.8, 4) is 0 Å². The number of hydrogen-bond acceptors (Lipinski definition) is 3. The number of unbranched alkanes of at least 4 members (excludes halogenated alkanes) is 1. The Morgan fingerprint density at radius 2 is 1.96 bits per heavy atom. The molecule has 0 fully saturated rings. The minimum atomic E-state index is -0.290. The van der Waals surface area contributed by atoms with Crippen LogP contribution in [0.15, 0.2) is 47.1 Å². The number of carbonyl (C=O) groups excluding carboxylic acids is 2. The Kier molecular flexibility index (Phi) is 6.29. The third-order valence-corrected chi connectivity index (χ3v) is 3.88. The van der Waals surface area contributed by atoms with Gasteiger partial charge in [-0.15, -0.1) is 0 Å². The summed E-state index contributed by atoms with van der Waals surface area (Å²) in [5, 5.41) is 5.58. The Morgan fingerprint density at radius 3 is 2.70 bits per heavy atom. The third-order valence-electron chi connectivity index (χ3n) is 3.19. The van der Waals surface area contributed by atoms with Crippen LogP contribution in [0, 0.1) is 0 Å². The first-order valence-electron chi connectivity index (χ1n) is 7.42. The van der Waals surface area contributed by atoms with Gasteiger partial charge in [0.05, 0.1) is 5.69 Å². The van der Waals surface area contributed by atoms with Crippen molar-refractivity contribution in [3.05, 3.63) is 58.3 Å². The molecule has 1 aromatic heterocycles. The summed E-state index contributed by atoms with van der Waals surface area (Å²) in [6.45, 7) is 2.65.